The van der Waals surface area contributed by atoms with E-state index < -0.39 is 14.9 Å². The molecular formula is C7H16NNaO3S2. The summed E-state index contributed by atoms with van der Waals surface area (Å²) in [5, 5.41) is 9.33. The largest absolute Gasteiger partial charge is 1.00 e. The van der Waals surface area contributed by atoms with Gasteiger partial charge in [-0.25, -0.2) is 0 Å². The van der Waals surface area contributed by atoms with Crippen LogP contribution in [0.3, 0.4) is 0 Å². The molecule has 0 aliphatic heterocycles. The molecule has 7 heteroatoms. The normalized spacial score (nSPS) is 17.2. The Morgan fingerprint density at radius 2 is 1.93 bits per heavy atom. The van der Waals surface area contributed by atoms with Gasteiger partial charge in [0.05, 0.1) is 6.10 Å². The van der Waals surface area contributed by atoms with Crippen LogP contribution >= 0.6 is 0 Å². The topological polar surface area (TPSA) is 63.6 Å². The Bertz CT molecular complexity index is 229. The third-order valence-corrected chi connectivity index (χ3v) is 2.96. The van der Waals surface area contributed by atoms with E-state index in [9.17, 15) is 13.9 Å². The van der Waals surface area contributed by atoms with Gasteiger partial charge < -0.3 is 14.6 Å². The Kier molecular flexibility index (Phi) is 10.6. The van der Waals surface area contributed by atoms with Crippen LogP contribution in [0.1, 0.15) is 13.8 Å². The van der Waals surface area contributed by atoms with Crippen LogP contribution in [0.5, 0.6) is 0 Å². The molecule has 2 atom stereocenters. The maximum Gasteiger partial charge on any atom is 1.00 e. The van der Waals surface area contributed by atoms with Gasteiger partial charge in [0.2, 0.25) is 0 Å². The molecule has 2 unspecified atom stereocenters. The van der Waals surface area contributed by atoms with E-state index >= 15 is 0 Å². The van der Waals surface area contributed by atoms with Crippen LogP contribution in [0.4, 0.5) is 0 Å². The number of likely N-dealkylation sites (N-methyl/N-ethyl adjacent to an activating group) is 1. The summed E-state index contributed by atoms with van der Waals surface area (Å²) < 4.78 is 21.3. The molecule has 14 heavy (non-hydrogen) atoms. The third kappa shape index (κ3) is 9.79. The van der Waals surface area contributed by atoms with Gasteiger partial charge in [-0.1, -0.05) is 13.8 Å². The average Bonchev–Trinajstić information content (AvgIpc) is 1.96. The van der Waals surface area contributed by atoms with Crippen molar-refractivity contribution < 1.29 is 43.4 Å². The van der Waals surface area contributed by atoms with Gasteiger partial charge in [0.1, 0.15) is 0 Å². The van der Waals surface area contributed by atoms with Crippen LogP contribution in [0, 0.1) is 0 Å². The molecule has 0 spiro atoms. The molecule has 0 saturated heterocycles. The summed E-state index contributed by atoms with van der Waals surface area (Å²) in [7, 11) is -3.48. The van der Waals surface area contributed by atoms with Crippen molar-refractivity contribution in [2.75, 3.05) is 25.4 Å². The zero-order valence-corrected chi connectivity index (χ0v) is 12.6. The summed E-state index contributed by atoms with van der Waals surface area (Å²) >= 11 is 4.18. The molecule has 4 nitrogen and oxygen atoms in total. The van der Waals surface area contributed by atoms with E-state index in [1.54, 1.807) is 0 Å². The molecular weight excluding hydrogens is 233 g/mol. The maximum atomic E-state index is 10.6. The van der Waals surface area contributed by atoms with Crippen molar-refractivity contribution in [2.24, 2.45) is 0 Å². The van der Waals surface area contributed by atoms with Crippen LogP contribution in [0.25, 0.3) is 0 Å². The first-order valence-corrected chi connectivity index (χ1v) is 6.80. The Morgan fingerprint density at radius 3 is 2.21 bits per heavy atom. The van der Waals surface area contributed by atoms with E-state index in [1.807, 2.05) is 18.7 Å². The number of aliphatic hydroxyl groups is 1. The van der Waals surface area contributed by atoms with Gasteiger partial charge in [0.25, 0.3) is 0 Å². The van der Waals surface area contributed by atoms with E-state index in [2.05, 4.69) is 11.2 Å². The summed E-state index contributed by atoms with van der Waals surface area (Å²) in [6, 6.07) is 0. The monoisotopic (exact) mass is 249 g/mol. The van der Waals surface area contributed by atoms with Gasteiger partial charge in [0, 0.05) is 12.3 Å². The van der Waals surface area contributed by atoms with Crippen molar-refractivity contribution in [1.82, 2.24) is 4.90 Å². The zero-order chi connectivity index (χ0) is 10.5. The Balaban J connectivity index is 0. The third-order valence-electron chi connectivity index (χ3n) is 1.76. The van der Waals surface area contributed by atoms with E-state index in [-0.39, 0.29) is 35.3 Å². The molecule has 0 aromatic heterocycles. The van der Waals surface area contributed by atoms with Crippen molar-refractivity contribution >= 4 is 20.0 Å². The van der Waals surface area contributed by atoms with Gasteiger partial charge in [-0.3, -0.25) is 4.21 Å². The van der Waals surface area contributed by atoms with Crippen molar-refractivity contribution in [2.45, 2.75) is 20.0 Å². The maximum absolute atomic E-state index is 10.6. The average molecular weight is 249 g/mol. The van der Waals surface area contributed by atoms with Gasteiger partial charge in [0.15, 0.2) is 0 Å². The minimum absolute atomic E-state index is 0. The second kappa shape index (κ2) is 8.41. The van der Waals surface area contributed by atoms with E-state index in [0.29, 0.717) is 6.54 Å². The quantitative estimate of drug-likeness (QED) is 0.497. The van der Waals surface area contributed by atoms with Crippen molar-refractivity contribution in [3.8, 4) is 0 Å². The molecule has 0 aromatic rings. The molecule has 0 aromatic carbocycles. The standard InChI is InChI=1S/C7H17NO3S2.Na/c1-3-8(4-2)5-7(9)6-13(10,11)12;/h7,9H,3-6H2,1-2H3,(H,10,11,12);/q;+1/p-1. The minimum atomic E-state index is -3.48. The van der Waals surface area contributed by atoms with Crippen molar-refractivity contribution in [3.05, 3.63) is 0 Å². The molecule has 0 aliphatic rings. The molecule has 0 heterocycles. The van der Waals surface area contributed by atoms with E-state index in [1.165, 1.54) is 0 Å². The van der Waals surface area contributed by atoms with Gasteiger partial charge in [-0.05, 0) is 33.1 Å². The summed E-state index contributed by atoms with van der Waals surface area (Å²) in [4.78, 5) is 1.95. The summed E-state index contributed by atoms with van der Waals surface area (Å²) in [5.41, 5.74) is 0. The number of aliphatic hydroxyl groups excluding tert-OH is 1. The van der Waals surface area contributed by atoms with E-state index in [0.717, 1.165) is 13.1 Å². The smallest absolute Gasteiger partial charge is 0.769 e. The first-order valence-electron chi connectivity index (χ1n) is 4.23. The van der Waals surface area contributed by atoms with Gasteiger partial charge in [-0.2, -0.15) is 0 Å². The zero-order valence-electron chi connectivity index (χ0n) is 8.93. The predicted molar refractivity (Wildman–Crippen MR) is 54.9 cm³/mol. The minimum Gasteiger partial charge on any atom is -0.769 e. The van der Waals surface area contributed by atoms with Gasteiger partial charge >= 0.3 is 29.6 Å². The molecule has 0 amide bonds. The number of hydrogen-bond donors (Lipinski definition) is 1. The Morgan fingerprint density at radius 1 is 1.50 bits per heavy atom. The fraction of sp³-hybridized carbons (Fsp3) is 1.00. The van der Waals surface area contributed by atoms with E-state index in [4.69, 9.17) is 0 Å². The molecule has 80 valence electrons. The summed E-state index contributed by atoms with van der Waals surface area (Å²) in [5.74, 6) is -0.334. The molecule has 0 radical (unpaired) electrons. The Hall–Kier alpha value is 1.25. The molecule has 0 aliphatic carbocycles. The first kappa shape index (κ1) is 17.6. The second-order valence-corrected chi connectivity index (χ2v) is 5.84. The first-order chi connectivity index (χ1) is 5.89. The van der Waals surface area contributed by atoms with Crippen LogP contribution in [0.15, 0.2) is 0 Å². The predicted octanol–water partition coefficient (Wildman–Crippen LogP) is -3.43. The fourth-order valence-electron chi connectivity index (χ4n) is 1.07. The summed E-state index contributed by atoms with van der Waals surface area (Å²) in [6.45, 7) is 5.87. The SMILES string of the molecule is CCN(CC)CC(O)CS(=O)([O-])=S.[Na+]. The Labute approximate surface area is 113 Å². The molecule has 1 N–H and O–H groups in total. The fourth-order valence-corrected chi connectivity index (χ4v) is 2.12. The molecule has 0 rings (SSSR count). The second-order valence-electron chi connectivity index (χ2n) is 2.86. The van der Waals surface area contributed by atoms with Gasteiger partial charge in [-0.15, -0.1) is 0 Å². The summed E-state index contributed by atoms with van der Waals surface area (Å²) in [6.07, 6.45) is -0.873. The van der Waals surface area contributed by atoms with Crippen LogP contribution in [-0.2, 0) is 20.0 Å². The van der Waals surface area contributed by atoms with Crippen LogP contribution in [0.2, 0.25) is 0 Å². The van der Waals surface area contributed by atoms with Crippen LogP contribution in [-0.4, -0.2) is 50.3 Å². The van der Waals surface area contributed by atoms with Crippen molar-refractivity contribution in [1.29, 1.82) is 0 Å². The molecule has 0 saturated carbocycles. The number of rotatable bonds is 6. The van der Waals surface area contributed by atoms with Crippen molar-refractivity contribution in [3.63, 3.8) is 0 Å². The number of nitrogens with zero attached hydrogens (tertiary/aromatic N) is 1. The molecule has 0 fully saturated rings. The molecule has 0 bridgehead atoms. The number of hydrogen-bond acceptors (Lipinski definition) is 5. The van der Waals surface area contributed by atoms with Crippen LogP contribution < -0.4 is 29.6 Å².